The molecule has 184 valence electrons. The van der Waals surface area contributed by atoms with E-state index in [1.807, 2.05) is 0 Å². The summed E-state index contributed by atoms with van der Waals surface area (Å²) >= 11 is 0. The van der Waals surface area contributed by atoms with E-state index in [0.717, 1.165) is 0 Å². The Hall–Kier alpha value is -3.15. The van der Waals surface area contributed by atoms with E-state index in [9.17, 15) is 34.8 Å². The number of benzene rings is 2. The Kier molecular flexibility index (Phi) is 5.53. The molecule has 0 radical (unpaired) electrons. The summed E-state index contributed by atoms with van der Waals surface area (Å²) in [7, 11) is 0. The summed E-state index contributed by atoms with van der Waals surface area (Å²) < 4.78 is 11.4. The average molecular weight is 483 g/mol. The van der Waals surface area contributed by atoms with Crippen molar-refractivity contribution in [1.29, 1.82) is 0 Å². The zero-order valence-electron chi connectivity index (χ0n) is 18.9. The van der Waals surface area contributed by atoms with E-state index < -0.39 is 59.0 Å². The first-order chi connectivity index (χ1) is 16.5. The van der Waals surface area contributed by atoms with Crippen molar-refractivity contribution >= 4 is 17.3 Å². The maximum Gasteiger partial charge on any atom is 0.198 e. The zero-order chi connectivity index (χ0) is 25.2. The number of aliphatic hydroxyl groups excluding tert-OH is 2. The van der Waals surface area contributed by atoms with E-state index in [1.54, 1.807) is 12.1 Å². The van der Waals surface area contributed by atoms with Crippen molar-refractivity contribution in [1.82, 2.24) is 0 Å². The fourth-order valence-electron chi connectivity index (χ4n) is 5.13. The SMILES string of the molecule is CC(=O)[C@]1(N)Cc2c(O)c3c(c(O)c2[C@@H](O[C@H]2C[C@@H](O)[C@H](O)CO2)C1)C(=O)c1ccccc1C3=O. The Morgan fingerprint density at radius 1 is 1.06 bits per heavy atom. The third kappa shape index (κ3) is 3.57. The largest absolute Gasteiger partial charge is 0.507 e. The van der Waals surface area contributed by atoms with Crippen LogP contribution in [-0.2, 0) is 20.7 Å². The predicted octanol–water partition coefficient (Wildman–Crippen LogP) is 0.632. The molecule has 2 aliphatic carbocycles. The molecule has 1 saturated heterocycles. The highest BCUT2D eigenvalue weighted by molar-refractivity contribution is 6.30. The third-order valence-corrected chi connectivity index (χ3v) is 7.17. The summed E-state index contributed by atoms with van der Waals surface area (Å²) in [6.07, 6.45) is -4.74. The van der Waals surface area contributed by atoms with Crippen LogP contribution in [0.3, 0.4) is 0 Å². The lowest BCUT2D eigenvalue weighted by Crippen LogP contribution is -2.53. The van der Waals surface area contributed by atoms with Crippen molar-refractivity contribution in [2.24, 2.45) is 5.73 Å². The highest BCUT2D eigenvalue weighted by atomic mass is 16.7. The van der Waals surface area contributed by atoms with Crippen LogP contribution in [0.4, 0.5) is 0 Å². The average Bonchev–Trinajstić information content (AvgIpc) is 2.82. The van der Waals surface area contributed by atoms with Gasteiger partial charge in [0.2, 0.25) is 0 Å². The minimum atomic E-state index is -1.50. The maximum absolute atomic E-state index is 13.3. The minimum absolute atomic E-state index is 0.0344. The van der Waals surface area contributed by atoms with Crippen LogP contribution in [0, 0.1) is 0 Å². The van der Waals surface area contributed by atoms with Crippen molar-refractivity contribution in [2.45, 2.75) is 56.3 Å². The van der Waals surface area contributed by atoms with Gasteiger partial charge in [0.15, 0.2) is 17.9 Å². The number of rotatable bonds is 3. The first kappa shape index (κ1) is 23.6. The number of phenols is 2. The molecule has 35 heavy (non-hydrogen) atoms. The molecule has 5 atom stereocenters. The molecule has 10 nitrogen and oxygen atoms in total. The second-order valence-electron chi connectivity index (χ2n) is 9.39. The smallest absolute Gasteiger partial charge is 0.198 e. The lowest BCUT2D eigenvalue weighted by Gasteiger charge is -2.41. The molecule has 5 rings (SSSR count). The number of phenolic OH excluding ortho intramolecular Hbond substituents is 2. The summed E-state index contributed by atoms with van der Waals surface area (Å²) in [5.41, 5.74) is 4.47. The zero-order valence-corrected chi connectivity index (χ0v) is 18.9. The molecule has 10 heteroatoms. The number of ether oxygens (including phenoxy) is 2. The summed E-state index contributed by atoms with van der Waals surface area (Å²) in [5, 5.41) is 42.3. The lowest BCUT2D eigenvalue weighted by atomic mass is 9.71. The predicted molar refractivity (Wildman–Crippen MR) is 119 cm³/mol. The molecular weight excluding hydrogens is 458 g/mol. The first-order valence-electron chi connectivity index (χ1n) is 11.3. The second kappa shape index (κ2) is 8.21. The highest BCUT2D eigenvalue weighted by Gasteiger charge is 2.48. The molecule has 1 fully saturated rings. The molecular formula is C25H25NO9. The molecule has 0 amide bonds. The molecule has 2 aromatic rings. The summed E-state index contributed by atoms with van der Waals surface area (Å²) in [6.45, 7) is 1.09. The Bertz CT molecular complexity index is 1270. The van der Waals surface area contributed by atoms with Gasteiger partial charge in [-0.2, -0.15) is 0 Å². The summed E-state index contributed by atoms with van der Waals surface area (Å²) in [6, 6.07) is 6.10. The number of carbonyl (C=O) groups is 3. The number of aromatic hydroxyl groups is 2. The monoisotopic (exact) mass is 483 g/mol. The number of hydrogen-bond donors (Lipinski definition) is 5. The van der Waals surface area contributed by atoms with Gasteiger partial charge in [-0.25, -0.2) is 0 Å². The number of nitrogens with two attached hydrogens (primary N) is 1. The fraction of sp³-hybridized carbons (Fsp3) is 0.400. The molecule has 0 aromatic heterocycles. The van der Waals surface area contributed by atoms with E-state index in [-0.39, 0.29) is 59.3 Å². The van der Waals surface area contributed by atoms with Gasteiger partial charge in [-0.05, 0) is 6.92 Å². The van der Waals surface area contributed by atoms with Crippen molar-refractivity contribution in [2.75, 3.05) is 6.61 Å². The maximum atomic E-state index is 13.3. The van der Waals surface area contributed by atoms with Crippen molar-refractivity contribution in [3.8, 4) is 11.5 Å². The van der Waals surface area contributed by atoms with Gasteiger partial charge >= 0.3 is 0 Å². The molecule has 1 heterocycles. The van der Waals surface area contributed by atoms with Gasteiger partial charge in [-0.3, -0.25) is 14.4 Å². The topological polar surface area (TPSA) is 177 Å². The van der Waals surface area contributed by atoms with Crippen molar-refractivity contribution in [3.05, 3.63) is 57.6 Å². The Morgan fingerprint density at radius 3 is 2.23 bits per heavy atom. The number of carbonyl (C=O) groups excluding carboxylic acids is 3. The van der Waals surface area contributed by atoms with Crippen LogP contribution in [-0.4, -0.2) is 68.4 Å². The van der Waals surface area contributed by atoms with Crippen LogP contribution in [0.2, 0.25) is 0 Å². The van der Waals surface area contributed by atoms with E-state index in [2.05, 4.69) is 0 Å². The number of aliphatic hydroxyl groups is 2. The highest BCUT2D eigenvalue weighted by Crippen LogP contribution is 2.51. The van der Waals surface area contributed by atoms with Gasteiger partial charge in [-0.15, -0.1) is 0 Å². The molecule has 3 aliphatic rings. The quantitative estimate of drug-likeness (QED) is 0.332. The molecule has 6 N–H and O–H groups in total. The lowest BCUT2D eigenvalue weighted by molar-refractivity contribution is -0.238. The molecule has 0 spiro atoms. The third-order valence-electron chi connectivity index (χ3n) is 7.17. The molecule has 1 aliphatic heterocycles. The minimum Gasteiger partial charge on any atom is -0.507 e. The van der Waals surface area contributed by atoms with Crippen LogP contribution in [0.25, 0.3) is 0 Å². The first-order valence-corrected chi connectivity index (χ1v) is 11.3. The van der Waals surface area contributed by atoms with Gasteiger partial charge in [0.1, 0.15) is 23.4 Å². The van der Waals surface area contributed by atoms with E-state index in [4.69, 9.17) is 15.2 Å². The van der Waals surface area contributed by atoms with Gasteiger partial charge in [0.25, 0.3) is 0 Å². The van der Waals surface area contributed by atoms with E-state index >= 15 is 0 Å². The Balaban J connectivity index is 1.67. The van der Waals surface area contributed by atoms with E-state index in [1.165, 1.54) is 19.1 Å². The van der Waals surface area contributed by atoms with Crippen LogP contribution >= 0.6 is 0 Å². The standard InChI is InChI=1S/C25H25NO9/c1-10(27)25(26)7-13-18(16(8-25)35-17-6-14(28)15(29)9-34-17)24(33)20-19(23(13)32)21(30)11-4-2-3-5-12(11)22(20)31/h2-5,14-17,28-29,32-33H,6-9,26H2,1H3/t14-,15-,16+,17+,25+/m1/s1. The van der Waals surface area contributed by atoms with Crippen molar-refractivity contribution in [3.63, 3.8) is 0 Å². The van der Waals surface area contributed by atoms with Gasteiger partial charge in [0, 0.05) is 41.5 Å². The Morgan fingerprint density at radius 2 is 1.66 bits per heavy atom. The van der Waals surface area contributed by atoms with E-state index in [0.29, 0.717) is 0 Å². The fourth-order valence-corrected chi connectivity index (χ4v) is 5.13. The van der Waals surface area contributed by atoms with Crippen LogP contribution in [0.15, 0.2) is 24.3 Å². The van der Waals surface area contributed by atoms with Crippen LogP contribution < -0.4 is 5.73 Å². The Labute approximate surface area is 199 Å². The van der Waals surface area contributed by atoms with Crippen LogP contribution in [0.1, 0.15) is 68.8 Å². The number of ketones is 3. The van der Waals surface area contributed by atoms with Crippen molar-refractivity contribution < 1.29 is 44.3 Å². The van der Waals surface area contributed by atoms with Crippen LogP contribution in [0.5, 0.6) is 11.5 Å². The normalized spacial score (nSPS) is 29.8. The van der Waals surface area contributed by atoms with Gasteiger partial charge < -0.3 is 35.6 Å². The molecule has 2 aromatic carbocycles. The molecule has 0 bridgehead atoms. The molecule has 0 saturated carbocycles. The molecule has 0 unspecified atom stereocenters. The second-order valence-corrected chi connectivity index (χ2v) is 9.39. The number of fused-ring (bicyclic) bond motifs is 3. The van der Waals surface area contributed by atoms with Gasteiger partial charge in [-0.1, -0.05) is 24.3 Å². The number of Topliss-reactive ketones (excluding diaryl/α,β-unsaturated/α-hetero) is 1. The van der Waals surface area contributed by atoms with Gasteiger partial charge in [0.05, 0.1) is 35.5 Å². The summed E-state index contributed by atoms with van der Waals surface area (Å²) in [5.74, 6) is -2.74. The number of hydrogen-bond acceptors (Lipinski definition) is 10. The summed E-state index contributed by atoms with van der Waals surface area (Å²) in [4.78, 5) is 39.0.